The lowest BCUT2D eigenvalue weighted by Gasteiger charge is -2.33. The number of primary amides is 1. The summed E-state index contributed by atoms with van der Waals surface area (Å²) < 4.78 is 83.0. The van der Waals surface area contributed by atoms with E-state index in [1.54, 1.807) is 0 Å². The van der Waals surface area contributed by atoms with Gasteiger partial charge in [-0.25, -0.2) is 4.98 Å². The second-order valence-electron chi connectivity index (χ2n) is 8.16. The first-order valence-corrected chi connectivity index (χ1v) is 10.2. The Morgan fingerprint density at radius 1 is 1.09 bits per heavy atom. The standard InChI is InChI=1S/C20H23F6N3O3/c21-19(22,23)12-5-3-11(4-6-12)18(31)29-7-1-2-14(29)10-32-15-8-13(20(24,25)26)9-28-16(15)17(27)30/h8-9,11-12,14H,1-7,10H2,(H2,27,30)/t11?,12?,14-/m1/s1. The fourth-order valence-electron chi connectivity index (χ4n) is 4.28. The first-order chi connectivity index (χ1) is 14.9. The molecule has 2 heterocycles. The van der Waals surface area contributed by atoms with E-state index in [-0.39, 0.29) is 38.2 Å². The van der Waals surface area contributed by atoms with Gasteiger partial charge in [-0.05, 0) is 44.6 Å². The summed E-state index contributed by atoms with van der Waals surface area (Å²) in [6.07, 6.45) is -7.29. The molecule has 32 heavy (non-hydrogen) atoms. The third kappa shape index (κ3) is 5.44. The summed E-state index contributed by atoms with van der Waals surface area (Å²) >= 11 is 0. The molecule has 1 aromatic rings. The van der Waals surface area contributed by atoms with Crippen LogP contribution < -0.4 is 10.5 Å². The van der Waals surface area contributed by atoms with Crippen LogP contribution in [0.1, 0.15) is 54.6 Å². The summed E-state index contributed by atoms with van der Waals surface area (Å²) in [7, 11) is 0. The minimum atomic E-state index is -4.70. The highest BCUT2D eigenvalue weighted by atomic mass is 19.4. The molecule has 2 N–H and O–H groups in total. The van der Waals surface area contributed by atoms with E-state index in [2.05, 4.69) is 4.98 Å². The van der Waals surface area contributed by atoms with Gasteiger partial charge in [-0.15, -0.1) is 0 Å². The van der Waals surface area contributed by atoms with Gasteiger partial charge in [0.15, 0.2) is 11.4 Å². The summed E-state index contributed by atoms with van der Waals surface area (Å²) in [5, 5.41) is 0. The number of halogens is 6. The van der Waals surface area contributed by atoms with Crippen molar-refractivity contribution in [3.8, 4) is 5.75 Å². The first-order valence-electron chi connectivity index (χ1n) is 10.2. The van der Waals surface area contributed by atoms with Crippen molar-refractivity contribution in [1.82, 2.24) is 9.88 Å². The Morgan fingerprint density at radius 2 is 1.75 bits per heavy atom. The molecule has 0 aromatic carbocycles. The number of amides is 2. The Bertz CT molecular complexity index is 850. The molecule has 2 fully saturated rings. The van der Waals surface area contributed by atoms with Crippen molar-refractivity contribution in [2.45, 2.75) is 56.9 Å². The van der Waals surface area contributed by atoms with Crippen LogP contribution in [-0.2, 0) is 11.0 Å². The number of alkyl halides is 6. The van der Waals surface area contributed by atoms with Gasteiger partial charge in [-0.1, -0.05) is 0 Å². The highest BCUT2D eigenvalue weighted by molar-refractivity contribution is 5.93. The molecular weight excluding hydrogens is 444 g/mol. The third-order valence-corrected chi connectivity index (χ3v) is 6.04. The van der Waals surface area contributed by atoms with Crippen molar-refractivity contribution in [2.75, 3.05) is 13.2 Å². The summed E-state index contributed by atoms with van der Waals surface area (Å²) in [5.74, 6) is -3.68. The van der Waals surface area contributed by atoms with E-state index in [4.69, 9.17) is 10.5 Å². The third-order valence-electron chi connectivity index (χ3n) is 6.04. The molecule has 1 saturated heterocycles. The molecule has 3 rings (SSSR count). The van der Waals surface area contributed by atoms with Crippen LogP contribution in [0.25, 0.3) is 0 Å². The predicted octanol–water partition coefficient (Wildman–Crippen LogP) is 3.94. The molecule has 0 unspecified atom stereocenters. The zero-order chi connectivity index (χ0) is 23.7. The lowest BCUT2D eigenvalue weighted by atomic mass is 9.81. The van der Waals surface area contributed by atoms with Crippen LogP contribution in [0.2, 0.25) is 0 Å². The highest BCUT2D eigenvalue weighted by Crippen LogP contribution is 2.40. The number of likely N-dealkylation sites (tertiary alicyclic amines) is 1. The number of ether oxygens (including phenoxy) is 1. The number of carbonyl (C=O) groups excluding carboxylic acids is 2. The van der Waals surface area contributed by atoms with Gasteiger partial charge in [0.2, 0.25) is 5.91 Å². The molecule has 2 aliphatic rings. The minimum Gasteiger partial charge on any atom is -0.489 e. The Labute approximate surface area is 180 Å². The lowest BCUT2D eigenvalue weighted by Crippen LogP contribution is -2.44. The van der Waals surface area contributed by atoms with Gasteiger partial charge in [0, 0.05) is 18.7 Å². The van der Waals surface area contributed by atoms with Crippen LogP contribution in [0.5, 0.6) is 5.75 Å². The number of pyridine rings is 1. The molecule has 0 spiro atoms. The van der Waals surface area contributed by atoms with Gasteiger partial charge in [0.1, 0.15) is 6.61 Å². The molecule has 0 bridgehead atoms. The largest absolute Gasteiger partial charge is 0.489 e. The van der Waals surface area contributed by atoms with E-state index in [1.165, 1.54) is 4.90 Å². The van der Waals surface area contributed by atoms with Gasteiger partial charge in [0.25, 0.3) is 5.91 Å². The molecule has 1 atom stereocenters. The maximum atomic E-state index is 13.0. The smallest absolute Gasteiger partial charge is 0.418 e. The van der Waals surface area contributed by atoms with Crippen molar-refractivity contribution in [1.29, 1.82) is 0 Å². The van der Waals surface area contributed by atoms with Crippen molar-refractivity contribution in [2.24, 2.45) is 17.6 Å². The second-order valence-corrected chi connectivity index (χ2v) is 8.16. The van der Waals surface area contributed by atoms with Crippen LogP contribution in [0, 0.1) is 11.8 Å². The zero-order valence-corrected chi connectivity index (χ0v) is 17.0. The molecule has 1 aromatic heterocycles. The number of aromatic nitrogens is 1. The van der Waals surface area contributed by atoms with Gasteiger partial charge >= 0.3 is 12.4 Å². The van der Waals surface area contributed by atoms with Crippen molar-refractivity contribution in [3.05, 3.63) is 23.5 Å². The maximum Gasteiger partial charge on any atom is 0.418 e. The van der Waals surface area contributed by atoms with E-state index in [9.17, 15) is 35.9 Å². The minimum absolute atomic E-state index is 0.104. The highest BCUT2D eigenvalue weighted by Gasteiger charge is 2.44. The topological polar surface area (TPSA) is 85.5 Å². The number of rotatable bonds is 5. The number of nitrogens with zero attached hydrogens (tertiary/aromatic N) is 2. The fraction of sp³-hybridized carbons (Fsp3) is 0.650. The van der Waals surface area contributed by atoms with Crippen molar-refractivity contribution in [3.63, 3.8) is 0 Å². The van der Waals surface area contributed by atoms with Crippen LogP contribution in [-0.4, -0.2) is 47.1 Å². The Hall–Kier alpha value is -2.53. The average molecular weight is 467 g/mol. The molecule has 0 radical (unpaired) electrons. The van der Waals surface area contributed by atoms with Crippen LogP contribution in [0.4, 0.5) is 26.3 Å². The molecule has 1 saturated carbocycles. The van der Waals surface area contributed by atoms with Crippen LogP contribution in [0.3, 0.4) is 0 Å². The Morgan fingerprint density at radius 3 is 2.31 bits per heavy atom. The zero-order valence-electron chi connectivity index (χ0n) is 17.0. The Kier molecular flexibility index (Phi) is 6.89. The molecule has 178 valence electrons. The molecule has 2 amide bonds. The Balaban J connectivity index is 1.66. The summed E-state index contributed by atoms with van der Waals surface area (Å²) in [6, 6.07) is 0.158. The van der Waals surface area contributed by atoms with Crippen LogP contribution in [0.15, 0.2) is 12.3 Å². The number of carbonyl (C=O) groups is 2. The average Bonchev–Trinajstić information content (AvgIpc) is 3.18. The van der Waals surface area contributed by atoms with Gasteiger partial charge in [-0.2, -0.15) is 26.3 Å². The second kappa shape index (κ2) is 9.14. The molecule has 1 aliphatic heterocycles. The predicted molar refractivity (Wildman–Crippen MR) is 99.5 cm³/mol. The van der Waals surface area contributed by atoms with Gasteiger partial charge < -0.3 is 15.4 Å². The van der Waals surface area contributed by atoms with E-state index in [1.807, 2.05) is 0 Å². The fourth-order valence-corrected chi connectivity index (χ4v) is 4.28. The normalized spacial score (nSPS) is 24.4. The SMILES string of the molecule is NC(=O)c1ncc(C(F)(F)F)cc1OC[C@H]1CCCN1C(=O)C1CCC(C(F)(F)F)CC1. The number of hydrogen-bond acceptors (Lipinski definition) is 4. The molecular formula is C20H23F6N3O3. The lowest BCUT2D eigenvalue weighted by molar-refractivity contribution is -0.185. The van der Waals surface area contributed by atoms with Gasteiger partial charge in [0.05, 0.1) is 17.5 Å². The monoisotopic (exact) mass is 467 g/mol. The number of hydrogen-bond donors (Lipinski definition) is 1. The van der Waals surface area contributed by atoms with E-state index in [0.29, 0.717) is 31.6 Å². The first kappa shape index (κ1) is 24.1. The van der Waals surface area contributed by atoms with Crippen LogP contribution >= 0.6 is 0 Å². The maximum absolute atomic E-state index is 13.0. The number of nitrogens with two attached hydrogens (primary N) is 1. The van der Waals surface area contributed by atoms with Crippen molar-refractivity contribution < 1.29 is 40.7 Å². The molecule has 6 nitrogen and oxygen atoms in total. The summed E-state index contributed by atoms with van der Waals surface area (Å²) in [6.45, 7) is 0.197. The molecule has 1 aliphatic carbocycles. The summed E-state index contributed by atoms with van der Waals surface area (Å²) in [5.41, 5.74) is 3.59. The van der Waals surface area contributed by atoms with E-state index >= 15 is 0 Å². The van der Waals surface area contributed by atoms with Crippen molar-refractivity contribution >= 4 is 11.8 Å². The quantitative estimate of drug-likeness (QED) is 0.665. The summed E-state index contributed by atoms with van der Waals surface area (Å²) in [4.78, 5) is 29.4. The van der Waals surface area contributed by atoms with E-state index in [0.717, 1.165) is 0 Å². The van der Waals surface area contributed by atoms with Gasteiger partial charge in [-0.3, -0.25) is 9.59 Å². The molecule has 12 heteroatoms. The van der Waals surface area contributed by atoms with E-state index < -0.39 is 53.1 Å².